The number of hydrogen-bond donors (Lipinski definition) is 2. The Morgan fingerprint density at radius 3 is 2.76 bits per heavy atom. The van der Waals surface area contributed by atoms with Gasteiger partial charge in [-0.1, -0.05) is 0 Å². The zero-order chi connectivity index (χ0) is 12.6. The van der Waals surface area contributed by atoms with Crippen molar-refractivity contribution in [3.8, 4) is 0 Å². The SMILES string of the molecule is CN1Cc2cc(NS(C)(=O)=O)ccc2NC1=O. The van der Waals surface area contributed by atoms with Crippen LogP contribution in [0.15, 0.2) is 18.2 Å². The Morgan fingerprint density at radius 1 is 1.41 bits per heavy atom. The molecule has 0 fully saturated rings. The van der Waals surface area contributed by atoms with Crippen molar-refractivity contribution < 1.29 is 13.2 Å². The number of carbonyl (C=O) groups excluding carboxylic acids is 1. The summed E-state index contributed by atoms with van der Waals surface area (Å²) in [5.41, 5.74) is 2.09. The van der Waals surface area contributed by atoms with Crippen molar-refractivity contribution >= 4 is 27.4 Å². The average molecular weight is 255 g/mol. The van der Waals surface area contributed by atoms with E-state index in [1.807, 2.05) is 0 Å². The van der Waals surface area contributed by atoms with Crippen LogP contribution in [0.25, 0.3) is 0 Å². The highest BCUT2D eigenvalue weighted by Gasteiger charge is 2.19. The van der Waals surface area contributed by atoms with E-state index in [2.05, 4.69) is 10.0 Å². The molecule has 0 aliphatic carbocycles. The molecule has 6 nitrogen and oxygen atoms in total. The van der Waals surface area contributed by atoms with Gasteiger partial charge in [0.05, 0.1) is 6.26 Å². The number of sulfonamides is 1. The predicted molar refractivity (Wildman–Crippen MR) is 65.4 cm³/mol. The van der Waals surface area contributed by atoms with Gasteiger partial charge < -0.3 is 10.2 Å². The summed E-state index contributed by atoms with van der Waals surface area (Å²) in [6, 6.07) is 4.85. The first kappa shape index (κ1) is 11.7. The van der Waals surface area contributed by atoms with Gasteiger partial charge in [-0.15, -0.1) is 0 Å². The zero-order valence-corrected chi connectivity index (χ0v) is 10.3. The first-order chi connectivity index (χ1) is 7.85. The maximum atomic E-state index is 11.4. The van der Waals surface area contributed by atoms with Crippen LogP contribution < -0.4 is 10.0 Å². The lowest BCUT2D eigenvalue weighted by Gasteiger charge is -2.26. The summed E-state index contributed by atoms with van der Waals surface area (Å²) in [6.45, 7) is 0.459. The van der Waals surface area contributed by atoms with E-state index in [0.29, 0.717) is 17.9 Å². The number of nitrogens with zero attached hydrogens (tertiary/aromatic N) is 1. The topological polar surface area (TPSA) is 78.5 Å². The molecule has 0 radical (unpaired) electrons. The number of benzene rings is 1. The van der Waals surface area contributed by atoms with Gasteiger partial charge in [-0.2, -0.15) is 0 Å². The van der Waals surface area contributed by atoms with Crippen LogP contribution in [0.2, 0.25) is 0 Å². The number of hydrogen-bond acceptors (Lipinski definition) is 3. The number of amides is 2. The van der Waals surface area contributed by atoms with Gasteiger partial charge in [-0.3, -0.25) is 4.72 Å². The van der Waals surface area contributed by atoms with Crippen LogP contribution in [0.4, 0.5) is 16.2 Å². The van der Waals surface area contributed by atoms with Crippen molar-refractivity contribution in [3.63, 3.8) is 0 Å². The summed E-state index contributed by atoms with van der Waals surface area (Å²) in [5, 5.41) is 2.71. The van der Waals surface area contributed by atoms with Crippen LogP contribution in [-0.2, 0) is 16.6 Å². The van der Waals surface area contributed by atoms with Crippen LogP contribution in [0, 0.1) is 0 Å². The molecule has 1 heterocycles. The fraction of sp³-hybridized carbons (Fsp3) is 0.300. The molecule has 1 aliphatic rings. The summed E-state index contributed by atoms with van der Waals surface area (Å²) in [6.07, 6.45) is 1.10. The largest absolute Gasteiger partial charge is 0.323 e. The van der Waals surface area contributed by atoms with Crippen molar-refractivity contribution in [1.82, 2.24) is 4.90 Å². The molecular formula is C10H13N3O3S. The molecule has 0 spiro atoms. The van der Waals surface area contributed by atoms with E-state index in [1.165, 1.54) is 4.90 Å². The Kier molecular flexibility index (Phi) is 2.70. The molecule has 0 unspecified atom stereocenters. The molecule has 2 rings (SSSR count). The van der Waals surface area contributed by atoms with Gasteiger partial charge in [0.1, 0.15) is 0 Å². The number of anilines is 2. The normalized spacial score (nSPS) is 15.2. The van der Waals surface area contributed by atoms with Gasteiger partial charge in [-0.25, -0.2) is 13.2 Å². The van der Waals surface area contributed by atoms with E-state index in [4.69, 9.17) is 0 Å². The van der Waals surface area contributed by atoms with Gasteiger partial charge in [-0.05, 0) is 23.8 Å². The second-order valence-corrected chi connectivity index (χ2v) is 5.78. The molecule has 92 valence electrons. The lowest BCUT2D eigenvalue weighted by molar-refractivity contribution is 0.218. The number of nitrogens with one attached hydrogen (secondary N) is 2. The highest BCUT2D eigenvalue weighted by molar-refractivity contribution is 7.92. The standard InChI is InChI=1S/C10H13N3O3S/c1-13-6-7-5-8(12-17(2,15)16)3-4-9(7)11-10(13)14/h3-5,12H,6H2,1-2H3,(H,11,14). The van der Waals surface area contributed by atoms with Gasteiger partial charge >= 0.3 is 6.03 Å². The third-order valence-corrected chi connectivity index (χ3v) is 3.01. The molecule has 2 N–H and O–H groups in total. The maximum absolute atomic E-state index is 11.4. The van der Waals surface area contributed by atoms with Crippen molar-refractivity contribution in [2.24, 2.45) is 0 Å². The third-order valence-electron chi connectivity index (χ3n) is 2.40. The minimum absolute atomic E-state index is 0.165. The Bertz CT molecular complexity index is 568. The minimum Gasteiger partial charge on any atom is -0.323 e. The Labute approximate surface area is 99.7 Å². The highest BCUT2D eigenvalue weighted by Crippen LogP contribution is 2.25. The molecule has 0 aromatic heterocycles. The average Bonchev–Trinajstić information content (AvgIpc) is 2.18. The fourth-order valence-electron chi connectivity index (χ4n) is 1.66. The predicted octanol–water partition coefficient (Wildman–Crippen LogP) is 1.04. The molecule has 2 amide bonds. The molecule has 0 saturated carbocycles. The Hall–Kier alpha value is -1.76. The van der Waals surface area contributed by atoms with Crippen LogP contribution in [0.3, 0.4) is 0 Å². The molecule has 1 aromatic rings. The van der Waals surface area contributed by atoms with Crippen molar-refractivity contribution in [3.05, 3.63) is 23.8 Å². The molecule has 0 bridgehead atoms. The van der Waals surface area contributed by atoms with Crippen LogP contribution in [-0.4, -0.2) is 32.7 Å². The summed E-state index contributed by atoms with van der Waals surface area (Å²) in [4.78, 5) is 12.9. The van der Waals surface area contributed by atoms with Gasteiger partial charge in [0.2, 0.25) is 10.0 Å². The maximum Gasteiger partial charge on any atom is 0.321 e. The lowest BCUT2D eigenvalue weighted by atomic mass is 10.1. The monoisotopic (exact) mass is 255 g/mol. The molecular weight excluding hydrogens is 242 g/mol. The van der Waals surface area contributed by atoms with Gasteiger partial charge in [0.25, 0.3) is 0 Å². The summed E-state index contributed by atoms with van der Waals surface area (Å²) < 4.78 is 24.6. The molecule has 17 heavy (non-hydrogen) atoms. The van der Waals surface area contributed by atoms with E-state index in [-0.39, 0.29) is 6.03 Å². The van der Waals surface area contributed by atoms with Crippen molar-refractivity contribution in [2.75, 3.05) is 23.3 Å². The number of urea groups is 1. The molecule has 1 aliphatic heterocycles. The van der Waals surface area contributed by atoms with E-state index in [0.717, 1.165) is 11.8 Å². The molecule has 0 saturated heterocycles. The summed E-state index contributed by atoms with van der Waals surface area (Å²) in [7, 11) is -1.60. The van der Waals surface area contributed by atoms with Crippen molar-refractivity contribution in [2.45, 2.75) is 6.54 Å². The number of fused-ring (bicyclic) bond motifs is 1. The first-order valence-corrected chi connectivity index (χ1v) is 6.87. The number of rotatable bonds is 2. The van der Waals surface area contributed by atoms with Gasteiger partial charge in [0, 0.05) is 25.0 Å². The smallest absolute Gasteiger partial charge is 0.321 e. The van der Waals surface area contributed by atoms with E-state index in [9.17, 15) is 13.2 Å². The molecule has 1 aromatic carbocycles. The molecule has 0 atom stereocenters. The van der Waals surface area contributed by atoms with E-state index in [1.54, 1.807) is 25.2 Å². The minimum atomic E-state index is -3.28. The number of carbonyl (C=O) groups is 1. The Balaban J connectivity index is 2.32. The quantitative estimate of drug-likeness (QED) is 0.828. The van der Waals surface area contributed by atoms with Crippen LogP contribution in [0.1, 0.15) is 5.56 Å². The van der Waals surface area contributed by atoms with E-state index >= 15 is 0 Å². The summed E-state index contributed by atoms with van der Waals surface area (Å²) >= 11 is 0. The third kappa shape index (κ3) is 2.68. The van der Waals surface area contributed by atoms with Gasteiger partial charge in [0.15, 0.2) is 0 Å². The van der Waals surface area contributed by atoms with Crippen molar-refractivity contribution in [1.29, 1.82) is 0 Å². The Morgan fingerprint density at radius 2 is 2.12 bits per heavy atom. The second kappa shape index (κ2) is 3.92. The van der Waals surface area contributed by atoms with E-state index < -0.39 is 10.0 Å². The van der Waals surface area contributed by atoms with Crippen LogP contribution in [0.5, 0.6) is 0 Å². The highest BCUT2D eigenvalue weighted by atomic mass is 32.2. The van der Waals surface area contributed by atoms with Crippen LogP contribution >= 0.6 is 0 Å². The summed E-state index contributed by atoms with van der Waals surface area (Å²) in [5.74, 6) is 0. The zero-order valence-electron chi connectivity index (χ0n) is 9.52. The molecule has 7 heteroatoms. The first-order valence-electron chi connectivity index (χ1n) is 4.98. The second-order valence-electron chi connectivity index (χ2n) is 4.03. The lowest BCUT2D eigenvalue weighted by Crippen LogP contribution is -2.35. The fourth-order valence-corrected chi connectivity index (χ4v) is 2.22.